The number of benzene rings is 1. The first kappa shape index (κ1) is 12.0. The van der Waals surface area contributed by atoms with E-state index in [1.54, 1.807) is 0 Å². The van der Waals surface area contributed by atoms with Gasteiger partial charge in [-0.15, -0.1) is 0 Å². The van der Waals surface area contributed by atoms with Gasteiger partial charge in [0.2, 0.25) is 5.91 Å². The van der Waals surface area contributed by atoms with Gasteiger partial charge in [-0.1, -0.05) is 25.1 Å². The fraction of sp³-hybridized carbons (Fsp3) is 0.500. The lowest BCUT2D eigenvalue weighted by Crippen LogP contribution is -2.34. The molecule has 1 aromatic rings. The average molecular weight is 232 g/mol. The molecule has 0 bridgehead atoms. The summed E-state index contributed by atoms with van der Waals surface area (Å²) in [6.07, 6.45) is 1.67. The van der Waals surface area contributed by atoms with Crippen LogP contribution in [0.15, 0.2) is 30.3 Å². The molecule has 1 amide bonds. The summed E-state index contributed by atoms with van der Waals surface area (Å²) in [5.41, 5.74) is 1.26. The molecule has 2 rings (SSSR count). The molecule has 0 aromatic heterocycles. The minimum Gasteiger partial charge on any atom is -0.370 e. The van der Waals surface area contributed by atoms with E-state index in [1.807, 2.05) is 17.9 Å². The molecule has 92 valence electrons. The number of amides is 1. The van der Waals surface area contributed by atoms with Gasteiger partial charge in [0.1, 0.15) is 0 Å². The Morgan fingerprint density at radius 2 is 1.88 bits per heavy atom. The standard InChI is InChI=1S/C14H20N2O/c1-2-14(17)16-10-6-9-15(11-12-16)13-7-4-3-5-8-13/h3-5,7-8H,2,6,9-12H2,1H3. The lowest BCUT2D eigenvalue weighted by molar-refractivity contribution is -0.130. The zero-order chi connectivity index (χ0) is 12.1. The quantitative estimate of drug-likeness (QED) is 0.780. The highest BCUT2D eigenvalue weighted by atomic mass is 16.2. The number of carbonyl (C=O) groups is 1. The lowest BCUT2D eigenvalue weighted by atomic mass is 10.3. The fourth-order valence-corrected chi connectivity index (χ4v) is 2.29. The fourth-order valence-electron chi connectivity index (χ4n) is 2.29. The van der Waals surface area contributed by atoms with Gasteiger partial charge in [0.25, 0.3) is 0 Å². The van der Waals surface area contributed by atoms with Crippen LogP contribution < -0.4 is 4.90 Å². The number of anilines is 1. The minimum atomic E-state index is 0.278. The Balaban J connectivity index is 1.99. The van der Waals surface area contributed by atoms with E-state index in [-0.39, 0.29) is 5.91 Å². The summed E-state index contributed by atoms with van der Waals surface area (Å²) < 4.78 is 0. The smallest absolute Gasteiger partial charge is 0.222 e. The Morgan fingerprint density at radius 1 is 1.12 bits per heavy atom. The molecule has 1 aliphatic rings. The van der Waals surface area contributed by atoms with Crippen molar-refractivity contribution in [1.29, 1.82) is 0 Å². The number of hydrogen-bond acceptors (Lipinski definition) is 2. The molecule has 3 nitrogen and oxygen atoms in total. The Morgan fingerprint density at radius 3 is 2.59 bits per heavy atom. The summed E-state index contributed by atoms with van der Waals surface area (Å²) in [5.74, 6) is 0.278. The minimum absolute atomic E-state index is 0.278. The van der Waals surface area contributed by atoms with Crippen LogP contribution in [0.1, 0.15) is 19.8 Å². The average Bonchev–Trinajstić information content (AvgIpc) is 2.64. The maximum absolute atomic E-state index is 11.7. The van der Waals surface area contributed by atoms with E-state index < -0.39 is 0 Å². The molecule has 1 aliphatic heterocycles. The van der Waals surface area contributed by atoms with Crippen LogP contribution >= 0.6 is 0 Å². The molecule has 1 saturated heterocycles. The lowest BCUT2D eigenvalue weighted by Gasteiger charge is -2.23. The second-order valence-corrected chi connectivity index (χ2v) is 4.41. The third-order valence-corrected chi connectivity index (χ3v) is 3.27. The van der Waals surface area contributed by atoms with Crippen LogP contribution in [0.5, 0.6) is 0 Å². The highest BCUT2D eigenvalue weighted by Crippen LogP contribution is 2.15. The third kappa shape index (κ3) is 2.99. The SMILES string of the molecule is CCC(=O)N1CCCN(c2ccccc2)CC1. The second-order valence-electron chi connectivity index (χ2n) is 4.41. The monoisotopic (exact) mass is 232 g/mol. The number of hydrogen-bond donors (Lipinski definition) is 0. The van der Waals surface area contributed by atoms with Crippen molar-refractivity contribution in [3.63, 3.8) is 0 Å². The van der Waals surface area contributed by atoms with Gasteiger partial charge in [0.05, 0.1) is 0 Å². The maximum atomic E-state index is 11.7. The second kappa shape index (κ2) is 5.71. The molecule has 0 aliphatic carbocycles. The van der Waals surface area contributed by atoms with Crippen molar-refractivity contribution in [2.75, 3.05) is 31.1 Å². The number of para-hydroxylation sites is 1. The summed E-state index contributed by atoms with van der Waals surface area (Å²) in [7, 11) is 0. The van der Waals surface area contributed by atoms with Crippen LogP contribution in [0, 0.1) is 0 Å². The molecule has 1 aromatic carbocycles. The summed E-state index contributed by atoms with van der Waals surface area (Å²) >= 11 is 0. The van der Waals surface area contributed by atoms with E-state index in [2.05, 4.69) is 29.2 Å². The Labute approximate surface area is 103 Å². The summed E-state index contributed by atoms with van der Waals surface area (Å²) in [4.78, 5) is 16.0. The molecule has 0 spiro atoms. The van der Waals surface area contributed by atoms with Crippen molar-refractivity contribution in [3.8, 4) is 0 Å². The first-order valence-electron chi connectivity index (χ1n) is 6.39. The predicted octanol–water partition coefficient (Wildman–Crippen LogP) is 2.14. The van der Waals surface area contributed by atoms with Gasteiger partial charge in [-0.05, 0) is 18.6 Å². The van der Waals surface area contributed by atoms with Crippen molar-refractivity contribution < 1.29 is 4.79 Å². The van der Waals surface area contributed by atoms with Crippen LogP contribution in [0.2, 0.25) is 0 Å². The zero-order valence-corrected chi connectivity index (χ0v) is 10.4. The molecule has 0 atom stereocenters. The molecular formula is C14H20N2O. The van der Waals surface area contributed by atoms with E-state index >= 15 is 0 Å². The van der Waals surface area contributed by atoms with Gasteiger partial charge in [0.15, 0.2) is 0 Å². The molecule has 1 fully saturated rings. The summed E-state index contributed by atoms with van der Waals surface area (Å²) in [6, 6.07) is 10.4. The number of rotatable bonds is 2. The van der Waals surface area contributed by atoms with E-state index in [0.29, 0.717) is 6.42 Å². The highest BCUT2D eigenvalue weighted by Gasteiger charge is 2.17. The van der Waals surface area contributed by atoms with E-state index in [0.717, 1.165) is 32.6 Å². The Hall–Kier alpha value is -1.51. The largest absolute Gasteiger partial charge is 0.370 e. The molecular weight excluding hydrogens is 212 g/mol. The maximum Gasteiger partial charge on any atom is 0.222 e. The molecule has 0 saturated carbocycles. The molecule has 1 heterocycles. The topological polar surface area (TPSA) is 23.6 Å². The summed E-state index contributed by atoms with van der Waals surface area (Å²) in [6.45, 7) is 5.66. The Kier molecular flexibility index (Phi) is 4.02. The van der Waals surface area contributed by atoms with Crippen molar-refractivity contribution in [2.45, 2.75) is 19.8 Å². The first-order chi connectivity index (χ1) is 8.31. The molecule has 0 N–H and O–H groups in total. The first-order valence-corrected chi connectivity index (χ1v) is 6.39. The number of nitrogens with zero attached hydrogens (tertiary/aromatic N) is 2. The molecule has 3 heteroatoms. The van der Waals surface area contributed by atoms with Crippen LogP contribution in [-0.4, -0.2) is 37.0 Å². The van der Waals surface area contributed by atoms with Crippen molar-refractivity contribution in [3.05, 3.63) is 30.3 Å². The summed E-state index contributed by atoms with van der Waals surface area (Å²) in [5, 5.41) is 0. The van der Waals surface area contributed by atoms with E-state index in [9.17, 15) is 4.79 Å². The van der Waals surface area contributed by atoms with Gasteiger partial charge in [-0.3, -0.25) is 4.79 Å². The third-order valence-electron chi connectivity index (χ3n) is 3.27. The van der Waals surface area contributed by atoms with Gasteiger partial charge in [-0.25, -0.2) is 0 Å². The van der Waals surface area contributed by atoms with E-state index in [4.69, 9.17) is 0 Å². The van der Waals surface area contributed by atoms with Gasteiger partial charge >= 0.3 is 0 Å². The Bertz CT molecular complexity index is 364. The predicted molar refractivity (Wildman–Crippen MR) is 70.1 cm³/mol. The van der Waals surface area contributed by atoms with Gasteiger partial charge in [0, 0.05) is 38.3 Å². The van der Waals surface area contributed by atoms with Crippen LogP contribution in [0.25, 0.3) is 0 Å². The van der Waals surface area contributed by atoms with Crippen molar-refractivity contribution >= 4 is 11.6 Å². The van der Waals surface area contributed by atoms with Crippen molar-refractivity contribution in [1.82, 2.24) is 4.90 Å². The normalized spacial score (nSPS) is 16.8. The van der Waals surface area contributed by atoms with Crippen molar-refractivity contribution in [2.24, 2.45) is 0 Å². The zero-order valence-electron chi connectivity index (χ0n) is 10.4. The molecule has 17 heavy (non-hydrogen) atoms. The van der Waals surface area contributed by atoms with Gasteiger partial charge < -0.3 is 9.80 Å². The van der Waals surface area contributed by atoms with Crippen LogP contribution in [0.3, 0.4) is 0 Å². The molecule has 0 radical (unpaired) electrons. The van der Waals surface area contributed by atoms with Gasteiger partial charge in [-0.2, -0.15) is 0 Å². The van der Waals surface area contributed by atoms with E-state index in [1.165, 1.54) is 5.69 Å². The number of carbonyl (C=O) groups excluding carboxylic acids is 1. The van der Waals surface area contributed by atoms with Crippen LogP contribution in [0.4, 0.5) is 5.69 Å². The van der Waals surface area contributed by atoms with Crippen LogP contribution in [-0.2, 0) is 4.79 Å². The highest BCUT2D eigenvalue weighted by molar-refractivity contribution is 5.75. The molecule has 0 unspecified atom stereocenters.